The Kier molecular flexibility index (Phi) is 3.25. The number of hydrogen-bond donors (Lipinski definition) is 2. The quantitative estimate of drug-likeness (QED) is 0.849. The molecule has 1 amide bonds. The van der Waals surface area contributed by atoms with Gasteiger partial charge in [0.25, 0.3) is 0 Å². The van der Waals surface area contributed by atoms with Gasteiger partial charge in [0.05, 0.1) is 10.5 Å². The minimum Gasteiger partial charge on any atom is -0.308 e. The molecule has 0 saturated heterocycles. The highest BCUT2D eigenvalue weighted by Gasteiger charge is 2.33. The number of aryl methyl sites for hydroxylation is 1. The van der Waals surface area contributed by atoms with Crippen molar-refractivity contribution in [3.05, 3.63) is 46.9 Å². The molecule has 2 N–H and O–H groups in total. The van der Waals surface area contributed by atoms with Gasteiger partial charge in [-0.15, -0.1) is 11.8 Å². The first-order chi connectivity index (χ1) is 9.58. The van der Waals surface area contributed by atoms with Gasteiger partial charge in [-0.05, 0) is 19.9 Å². The van der Waals surface area contributed by atoms with E-state index < -0.39 is 0 Å². The third-order valence-electron chi connectivity index (χ3n) is 3.40. The minimum absolute atomic E-state index is 0.110. The Bertz CT molecular complexity index is 670. The lowest BCUT2D eigenvalue weighted by atomic mass is 10.0. The van der Waals surface area contributed by atoms with Crippen LogP contribution >= 0.6 is 11.8 Å². The van der Waals surface area contributed by atoms with E-state index in [2.05, 4.69) is 15.5 Å². The number of rotatable bonds is 1. The van der Waals surface area contributed by atoms with Crippen molar-refractivity contribution in [1.82, 2.24) is 10.2 Å². The molecule has 0 radical (unpaired) electrons. The number of H-pyrrole nitrogens is 1. The number of nitrogens with one attached hydrogen (secondary N) is 2. The van der Waals surface area contributed by atoms with Gasteiger partial charge in [-0.25, -0.2) is 4.39 Å². The standard InChI is InChI=1S/C14H14FN3OS/c1-7-11-12(9-5-3-4-6-10(9)15)20-8(2)14(19)16-13(11)18-17-7/h3-6,8,12H,1-2H3,(H2,16,17,18,19)/t8-,12+/m1/s1. The Morgan fingerprint density at radius 3 is 2.85 bits per heavy atom. The summed E-state index contributed by atoms with van der Waals surface area (Å²) in [5.41, 5.74) is 2.26. The maximum atomic E-state index is 14.1. The van der Waals surface area contributed by atoms with Crippen molar-refractivity contribution in [1.29, 1.82) is 0 Å². The zero-order valence-corrected chi connectivity index (χ0v) is 11.9. The van der Waals surface area contributed by atoms with Crippen LogP contribution < -0.4 is 5.32 Å². The van der Waals surface area contributed by atoms with Crippen LogP contribution in [0, 0.1) is 12.7 Å². The van der Waals surface area contributed by atoms with Crippen LogP contribution in [-0.2, 0) is 4.79 Å². The molecule has 104 valence electrons. The molecule has 0 spiro atoms. The highest BCUT2D eigenvalue weighted by Crippen LogP contribution is 2.45. The van der Waals surface area contributed by atoms with Crippen molar-refractivity contribution in [2.75, 3.05) is 5.32 Å². The minimum atomic E-state index is -0.270. The Morgan fingerprint density at radius 1 is 1.35 bits per heavy atom. The summed E-state index contributed by atoms with van der Waals surface area (Å²) >= 11 is 1.43. The first-order valence-corrected chi connectivity index (χ1v) is 7.28. The third-order valence-corrected chi connectivity index (χ3v) is 4.78. The van der Waals surface area contributed by atoms with Crippen LogP contribution in [0.5, 0.6) is 0 Å². The fourth-order valence-electron chi connectivity index (χ4n) is 2.32. The molecule has 3 rings (SSSR count). The number of carbonyl (C=O) groups excluding carboxylic acids is 1. The predicted molar refractivity (Wildman–Crippen MR) is 77.3 cm³/mol. The van der Waals surface area contributed by atoms with Gasteiger partial charge in [0.15, 0.2) is 5.82 Å². The molecule has 1 aromatic heterocycles. The molecule has 0 unspecified atom stereocenters. The van der Waals surface area contributed by atoms with Gasteiger partial charge in [0.2, 0.25) is 5.91 Å². The number of nitrogens with zero attached hydrogens (tertiary/aromatic N) is 1. The smallest absolute Gasteiger partial charge is 0.238 e. The number of anilines is 1. The van der Waals surface area contributed by atoms with Crippen molar-refractivity contribution in [2.24, 2.45) is 0 Å². The summed E-state index contributed by atoms with van der Waals surface area (Å²) in [6.07, 6.45) is 0. The molecule has 2 atom stereocenters. The van der Waals surface area contributed by atoms with Gasteiger partial charge in [-0.2, -0.15) is 5.10 Å². The number of aromatic nitrogens is 2. The SMILES string of the molecule is Cc1[nH]nc2c1[C@H](c1ccccc1F)S[C@H](C)C(=O)N2. The average Bonchev–Trinajstić information content (AvgIpc) is 2.71. The number of halogens is 1. The van der Waals surface area contributed by atoms with Crippen LogP contribution in [0.3, 0.4) is 0 Å². The molecular formula is C14H14FN3OS. The van der Waals surface area contributed by atoms with Crippen LogP contribution in [0.15, 0.2) is 24.3 Å². The van der Waals surface area contributed by atoms with Crippen LogP contribution in [0.2, 0.25) is 0 Å². The Morgan fingerprint density at radius 2 is 2.10 bits per heavy atom. The monoisotopic (exact) mass is 291 g/mol. The van der Waals surface area contributed by atoms with E-state index >= 15 is 0 Å². The number of hydrogen-bond acceptors (Lipinski definition) is 3. The van der Waals surface area contributed by atoms with Crippen LogP contribution in [0.4, 0.5) is 10.2 Å². The van der Waals surface area contributed by atoms with Crippen LogP contribution in [0.25, 0.3) is 0 Å². The predicted octanol–water partition coefficient (Wildman–Crippen LogP) is 3.02. The summed E-state index contributed by atoms with van der Waals surface area (Å²) in [6, 6.07) is 6.66. The van der Waals surface area contributed by atoms with E-state index in [1.807, 2.05) is 13.8 Å². The van der Waals surface area contributed by atoms with Gasteiger partial charge in [0, 0.05) is 16.8 Å². The van der Waals surface area contributed by atoms with Crippen molar-refractivity contribution in [3.63, 3.8) is 0 Å². The zero-order chi connectivity index (χ0) is 14.3. The number of fused-ring (bicyclic) bond motifs is 1. The first kappa shape index (κ1) is 13.2. The zero-order valence-electron chi connectivity index (χ0n) is 11.1. The molecule has 0 saturated carbocycles. The fraction of sp³-hybridized carbons (Fsp3) is 0.286. The van der Waals surface area contributed by atoms with Gasteiger partial charge in [0.1, 0.15) is 5.82 Å². The molecule has 0 fully saturated rings. The van der Waals surface area contributed by atoms with E-state index in [0.29, 0.717) is 11.4 Å². The van der Waals surface area contributed by atoms with Crippen molar-refractivity contribution >= 4 is 23.5 Å². The van der Waals surface area contributed by atoms with Gasteiger partial charge >= 0.3 is 0 Å². The lowest BCUT2D eigenvalue weighted by Crippen LogP contribution is -2.21. The summed E-state index contributed by atoms with van der Waals surface area (Å²) in [6.45, 7) is 3.70. The highest BCUT2D eigenvalue weighted by molar-refractivity contribution is 8.01. The lowest BCUT2D eigenvalue weighted by molar-refractivity contribution is -0.115. The largest absolute Gasteiger partial charge is 0.308 e. The van der Waals surface area contributed by atoms with Crippen molar-refractivity contribution in [3.8, 4) is 0 Å². The van der Waals surface area contributed by atoms with Gasteiger partial charge in [-0.3, -0.25) is 9.89 Å². The van der Waals surface area contributed by atoms with E-state index in [-0.39, 0.29) is 22.2 Å². The maximum absolute atomic E-state index is 14.1. The summed E-state index contributed by atoms with van der Waals surface area (Å²) in [5.74, 6) is 0.122. The van der Waals surface area contributed by atoms with E-state index in [0.717, 1.165) is 11.3 Å². The van der Waals surface area contributed by atoms with E-state index in [1.54, 1.807) is 18.2 Å². The molecule has 6 heteroatoms. The molecule has 2 aromatic rings. The normalized spacial score (nSPS) is 22.1. The second-order valence-corrected chi connectivity index (χ2v) is 6.23. The molecule has 2 heterocycles. The van der Waals surface area contributed by atoms with Gasteiger partial charge < -0.3 is 5.32 Å². The van der Waals surface area contributed by atoms with Crippen molar-refractivity contribution in [2.45, 2.75) is 24.3 Å². The summed E-state index contributed by atoms with van der Waals surface area (Å²) in [7, 11) is 0. The van der Waals surface area contributed by atoms with Crippen LogP contribution in [-0.4, -0.2) is 21.4 Å². The van der Waals surface area contributed by atoms with Crippen LogP contribution in [0.1, 0.15) is 29.0 Å². The first-order valence-electron chi connectivity index (χ1n) is 6.33. The molecule has 1 aliphatic rings. The molecule has 20 heavy (non-hydrogen) atoms. The second-order valence-electron chi connectivity index (χ2n) is 4.78. The maximum Gasteiger partial charge on any atom is 0.238 e. The molecule has 4 nitrogen and oxygen atoms in total. The summed E-state index contributed by atoms with van der Waals surface area (Å²) < 4.78 is 14.1. The van der Waals surface area contributed by atoms with E-state index in [9.17, 15) is 9.18 Å². The topological polar surface area (TPSA) is 57.8 Å². The Labute approximate surface area is 120 Å². The molecule has 0 aliphatic carbocycles. The number of carbonyl (C=O) groups is 1. The Balaban J connectivity index is 2.16. The number of amides is 1. The number of aromatic amines is 1. The number of thioether (sulfide) groups is 1. The number of benzene rings is 1. The average molecular weight is 291 g/mol. The molecule has 0 bridgehead atoms. The molecule has 1 aromatic carbocycles. The lowest BCUT2D eigenvalue weighted by Gasteiger charge is -2.18. The third kappa shape index (κ3) is 2.10. The molecule has 1 aliphatic heterocycles. The summed E-state index contributed by atoms with van der Waals surface area (Å²) in [5, 5.41) is 9.24. The van der Waals surface area contributed by atoms with E-state index in [4.69, 9.17) is 0 Å². The fourth-order valence-corrected chi connectivity index (χ4v) is 3.68. The van der Waals surface area contributed by atoms with Gasteiger partial charge in [-0.1, -0.05) is 18.2 Å². The van der Waals surface area contributed by atoms with Crippen molar-refractivity contribution < 1.29 is 9.18 Å². The molecular weight excluding hydrogens is 277 g/mol. The van der Waals surface area contributed by atoms with E-state index in [1.165, 1.54) is 17.8 Å². The Hall–Kier alpha value is -1.82. The summed E-state index contributed by atoms with van der Waals surface area (Å²) in [4.78, 5) is 12.0. The highest BCUT2D eigenvalue weighted by atomic mass is 32.2. The second kappa shape index (κ2) is 4.94.